The van der Waals surface area contributed by atoms with Gasteiger partial charge in [-0.05, 0) is 56.2 Å². The van der Waals surface area contributed by atoms with Crippen LogP contribution in [0.3, 0.4) is 0 Å². The van der Waals surface area contributed by atoms with Crippen LogP contribution >= 0.6 is 0 Å². The van der Waals surface area contributed by atoms with E-state index >= 15 is 0 Å². The minimum atomic E-state index is -0.368. The number of hydrazine groups is 1. The molecule has 0 fully saturated rings. The third kappa shape index (κ3) is 7.90. The molecule has 30 heavy (non-hydrogen) atoms. The number of benzene rings is 2. The summed E-state index contributed by atoms with van der Waals surface area (Å²) in [6.07, 6.45) is 8.71. The predicted octanol–water partition coefficient (Wildman–Crippen LogP) is 5.51. The van der Waals surface area contributed by atoms with Gasteiger partial charge in [-0.1, -0.05) is 63.1 Å². The van der Waals surface area contributed by atoms with E-state index in [4.69, 9.17) is 4.74 Å². The topological polar surface area (TPSA) is 67.4 Å². The van der Waals surface area contributed by atoms with E-state index in [0.29, 0.717) is 17.7 Å². The minimum absolute atomic E-state index is 0.334. The number of carbonyl (C=O) groups excluding carboxylic acids is 2. The van der Waals surface area contributed by atoms with Gasteiger partial charge in [-0.25, -0.2) is 0 Å². The highest BCUT2D eigenvalue weighted by atomic mass is 16.5. The van der Waals surface area contributed by atoms with Crippen molar-refractivity contribution in [2.24, 2.45) is 0 Å². The Morgan fingerprint density at radius 2 is 1.43 bits per heavy atom. The standard InChI is InChI=1S/C25H34N2O3/c1-4-5-6-7-8-9-10-17-30-22-15-13-21(14-16-22)24(28)26-27-25(29)23-18-19(2)11-12-20(23)3/h11-16,18H,4-10,17H2,1-3H3,(H,26,28)(H,27,29). The number of nitrogens with one attached hydrogen (secondary N) is 2. The van der Waals surface area contributed by atoms with E-state index < -0.39 is 0 Å². The van der Waals surface area contributed by atoms with Crippen LogP contribution in [0.15, 0.2) is 42.5 Å². The Morgan fingerprint density at radius 1 is 0.800 bits per heavy atom. The summed E-state index contributed by atoms with van der Waals surface area (Å²) in [5.41, 5.74) is 7.79. The number of carbonyl (C=O) groups is 2. The zero-order chi connectivity index (χ0) is 21.8. The number of hydrogen-bond donors (Lipinski definition) is 2. The predicted molar refractivity (Wildman–Crippen MR) is 121 cm³/mol. The van der Waals surface area contributed by atoms with Gasteiger partial charge in [0.1, 0.15) is 5.75 Å². The summed E-state index contributed by atoms with van der Waals surface area (Å²) in [4.78, 5) is 24.6. The number of aryl methyl sites for hydroxylation is 2. The molecule has 0 bridgehead atoms. The van der Waals surface area contributed by atoms with Crippen molar-refractivity contribution >= 4 is 11.8 Å². The molecule has 0 spiro atoms. The number of amides is 2. The van der Waals surface area contributed by atoms with Crippen molar-refractivity contribution in [2.75, 3.05) is 6.61 Å². The van der Waals surface area contributed by atoms with Gasteiger partial charge in [0.05, 0.1) is 6.61 Å². The molecule has 2 aromatic rings. The monoisotopic (exact) mass is 410 g/mol. The fourth-order valence-electron chi connectivity index (χ4n) is 3.19. The summed E-state index contributed by atoms with van der Waals surface area (Å²) in [5.74, 6) is 0.0448. The molecule has 0 aliphatic carbocycles. The second-order valence-corrected chi connectivity index (χ2v) is 7.72. The van der Waals surface area contributed by atoms with Crippen molar-refractivity contribution in [1.29, 1.82) is 0 Å². The van der Waals surface area contributed by atoms with Gasteiger partial charge < -0.3 is 4.74 Å². The Hall–Kier alpha value is -2.82. The lowest BCUT2D eigenvalue weighted by Crippen LogP contribution is -2.41. The molecule has 5 nitrogen and oxygen atoms in total. The van der Waals surface area contributed by atoms with E-state index in [1.807, 2.05) is 26.0 Å². The van der Waals surface area contributed by atoms with Crippen molar-refractivity contribution in [3.8, 4) is 5.75 Å². The van der Waals surface area contributed by atoms with Crippen molar-refractivity contribution in [2.45, 2.75) is 65.7 Å². The maximum absolute atomic E-state index is 12.3. The zero-order valence-corrected chi connectivity index (χ0v) is 18.4. The Kier molecular flexibility index (Phi) is 9.92. The first kappa shape index (κ1) is 23.5. The summed E-state index contributed by atoms with van der Waals surface area (Å²) in [5, 5.41) is 0. The Labute approximate surface area is 180 Å². The first-order valence-electron chi connectivity index (χ1n) is 10.9. The lowest BCUT2D eigenvalue weighted by atomic mass is 10.1. The molecule has 2 aromatic carbocycles. The van der Waals surface area contributed by atoms with E-state index in [2.05, 4.69) is 17.8 Å². The average Bonchev–Trinajstić information content (AvgIpc) is 2.75. The fraction of sp³-hybridized carbons (Fsp3) is 0.440. The SMILES string of the molecule is CCCCCCCCCOc1ccc(C(=O)NNC(=O)c2cc(C)ccc2C)cc1. The quantitative estimate of drug-likeness (QED) is 0.379. The zero-order valence-electron chi connectivity index (χ0n) is 18.4. The summed E-state index contributed by atoms with van der Waals surface area (Å²) >= 11 is 0. The number of ether oxygens (including phenoxy) is 1. The van der Waals surface area contributed by atoms with E-state index in [0.717, 1.165) is 23.3 Å². The molecule has 2 amide bonds. The van der Waals surface area contributed by atoms with Crippen LogP contribution in [0.2, 0.25) is 0 Å². The van der Waals surface area contributed by atoms with Crippen LogP contribution in [-0.2, 0) is 0 Å². The van der Waals surface area contributed by atoms with Crippen LogP contribution in [0, 0.1) is 13.8 Å². The van der Waals surface area contributed by atoms with E-state index in [1.54, 1.807) is 30.3 Å². The average molecular weight is 411 g/mol. The normalized spacial score (nSPS) is 10.5. The molecule has 0 heterocycles. The summed E-state index contributed by atoms with van der Waals surface area (Å²) in [7, 11) is 0. The van der Waals surface area contributed by atoms with Gasteiger partial charge in [-0.3, -0.25) is 20.4 Å². The van der Waals surface area contributed by atoms with Crippen LogP contribution in [0.1, 0.15) is 83.7 Å². The van der Waals surface area contributed by atoms with E-state index in [-0.39, 0.29) is 11.8 Å². The van der Waals surface area contributed by atoms with Gasteiger partial charge in [0.15, 0.2) is 0 Å². The Bertz CT molecular complexity index is 816. The third-order valence-corrected chi connectivity index (χ3v) is 5.06. The molecule has 162 valence electrons. The smallest absolute Gasteiger partial charge is 0.269 e. The van der Waals surface area contributed by atoms with Gasteiger partial charge in [0, 0.05) is 11.1 Å². The lowest BCUT2D eigenvalue weighted by Gasteiger charge is -2.10. The third-order valence-electron chi connectivity index (χ3n) is 5.06. The molecular formula is C25H34N2O3. The van der Waals surface area contributed by atoms with Crippen LogP contribution in [0.4, 0.5) is 0 Å². The maximum Gasteiger partial charge on any atom is 0.269 e. The molecule has 0 atom stereocenters. The molecule has 0 unspecified atom stereocenters. The molecule has 2 rings (SSSR count). The summed E-state index contributed by atoms with van der Waals surface area (Å²) in [6, 6.07) is 12.6. The van der Waals surface area contributed by atoms with Crippen molar-refractivity contribution in [3.05, 3.63) is 64.7 Å². The van der Waals surface area contributed by atoms with Crippen molar-refractivity contribution in [3.63, 3.8) is 0 Å². The largest absolute Gasteiger partial charge is 0.494 e. The molecule has 2 N–H and O–H groups in total. The van der Waals surface area contributed by atoms with E-state index in [9.17, 15) is 9.59 Å². The highest BCUT2D eigenvalue weighted by Gasteiger charge is 2.11. The van der Waals surface area contributed by atoms with Crippen LogP contribution in [0.5, 0.6) is 5.75 Å². The first-order chi connectivity index (χ1) is 14.5. The van der Waals surface area contributed by atoms with Crippen LogP contribution < -0.4 is 15.6 Å². The summed E-state index contributed by atoms with van der Waals surface area (Å²) < 4.78 is 5.75. The lowest BCUT2D eigenvalue weighted by molar-refractivity contribution is 0.0846. The number of unbranched alkanes of at least 4 members (excludes halogenated alkanes) is 6. The first-order valence-corrected chi connectivity index (χ1v) is 10.9. The highest BCUT2D eigenvalue weighted by molar-refractivity contribution is 5.99. The molecule has 0 aliphatic rings. The van der Waals surface area contributed by atoms with Gasteiger partial charge in [0.2, 0.25) is 0 Å². The van der Waals surface area contributed by atoms with Gasteiger partial charge in [-0.15, -0.1) is 0 Å². The fourth-order valence-corrected chi connectivity index (χ4v) is 3.19. The van der Waals surface area contributed by atoms with Gasteiger partial charge >= 0.3 is 0 Å². The van der Waals surface area contributed by atoms with Crippen LogP contribution in [-0.4, -0.2) is 18.4 Å². The molecule has 0 saturated carbocycles. The molecule has 0 saturated heterocycles. The number of hydrogen-bond acceptors (Lipinski definition) is 3. The highest BCUT2D eigenvalue weighted by Crippen LogP contribution is 2.14. The second kappa shape index (κ2) is 12.7. The Balaban J connectivity index is 1.71. The van der Waals surface area contributed by atoms with Crippen LogP contribution in [0.25, 0.3) is 0 Å². The van der Waals surface area contributed by atoms with E-state index in [1.165, 1.54) is 38.5 Å². The Morgan fingerprint density at radius 3 is 2.13 bits per heavy atom. The summed E-state index contributed by atoms with van der Waals surface area (Å²) in [6.45, 7) is 6.70. The maximum atomic E-state index is 12.3. The van der Waals surface area contributed by atoms with Gasteiger partial charge in [0.25, 0.3) is 11.8 Å². The molecular weight excluding hydrogens is 376 g/mol. The molecule has 5 heteroatoms. The second-order valence-electron chi connectivity index (χ2n) is 7.72. The molecule has 0 aliphatic heterocycles. The van der Waals surface area contributed by atoms with Crippen molar-refractivity contribution < 1.29 is 14.3 Å². The minimum Gasteiger partial charge on any atom is -0.494 e. The number of rotatable bonds is 11. The van der Waals surface area contributed by atoms with Gasteiger partial charge in [-0.2, -0.15) is 0 Å². The molecule has 0 aromatic heterocycles. The van der Waals surface area contributed by atoms with Crippen molar-refractivity contribution in [1.82, 2.24) is 10.9 Å². The molecule has 0 radical (unpaired) electrons.